The van der Waals surface area contributed by atoms with Crippen molar-refractivity contribution in [2.75, 3.05) is 45.9 Å². The summed E-state index contributed by atoms with van der Waals surface area (Å²) in [6, 6.07) is 0.753. The van der Waals surface area contributed by atoms with Gasteiger partial charge in [-0.2, -0.15) is 0 Å². The molecule has 2 heterocycles. The molecule has 0 spiro atoms. The van der Waals surface area contributed by atoms with Crippen molar-refractivity contribution < 1.29 is 4.74 Å². The van der Waals surface area contributed by atoms with E-state index in [9.17, 15) is 0 Å². The van der Waals surface area contributed by atoms with Crippen LogP contribution in [-0.4, -0.2) is 61.8 Å². The molecule has 0 amide bonds. The Balaban J connectivity index is 1.78. The lowest BCUT2D eigenvalue weighted by molar-refractivity contribution is -0.00124. The average Bonchev–Trinajstić information content (AvgIpc) is 2.39. The van der Waals surface area contributed by atoms with Crippen molar-refractivity contribution in [3.63, 3.8) is 0 Å². The van der Waals surface area contributed by atoms with Gasteiger partial charge >= 0.3 is 0 Å². The third-order valence-electron chi connectivity index (χ3n) is 4.38. The molecule has 0 aromatic rings. The number of rotatable bonds is 3. The van der Waals surface area contributed by atoms with Crippen LogP contribution in [0.3, 0.4) is 0 Å². The predicted molar refractivity (Wildman–Crippen MR) is 66.7 cm³/mol. The maximum absolute atomic E-state index is 5.42. The van der Waals surface area contributed by atoms with Crippen molar-refractivity contribution in [2.24, 2.45) is 5.92 Å². The molecule has 0 bridgehead atoms. The van der Waals surface area contributed by atoms with Crippen molar-refractivity contribution in [2.45, 2.75) is 32.7 Å². The molecule has 2 fully saturated rings. The number of nitrogens with zero attached hydrogens (tertiary/aromatic N) is 2. The summed E-state index contributed by atoms with van der Waals surface area (Å²) in [6.07, 6.45) is 2.76. The second-order valence-corrected chi connectivity index (χ2v) is 5.16. The van der Waals surface area contributed by atoms with E-state index in [0.717, 1.165) is 38.3 Å². The first-order valence-corrected chi connectivity index (χ1v) is 6.85. The van der Waals surface area contributed by atoms with Gasteiger partial charge in [0.05, 0.1) is 13.2 Å². The lowest BCUT2D eigenvalue weighted by Gasteiger charge is -2.40. The fourth-order valence-corrected chi connectivity index (χ4v) is 3.03. The molecule has 2 aliphatic heterocycles. The van der Waals surface area contributed by atoms with Crippen LogP contribution in [0.25, 0.3) is 0 Å². The summed E-state index contributed by atoms with van der Waals surface area (Å²) in [5.41, 5.74) is 0. The van der Waals surface area contributed by atoms with Gasteiger partial charge in [-0.25, -0.2) is 0 Å². The molecule has 0 radical (unpaired) electrons. The van der Waals surface area contributed by atoms with Gasteiger partial charge in [0.1, 0.15) is 0 Å². The zero-order chi connectivity index (χ0) is 11.4. The van der Waals surface area contributed by atoms with E-state index in [1.54, 1.807) is 0 Å². The first-order chi connectivity index (χ1) is 7.81. The fourth-order valence-electron chi connectivity index (χ4n) is 3.03. The average molecular weight is 226 g/mol. The second kappa shape index (κ2) is 5.99. The van der Waals surface area contributed by atoms with E-state index in [0.29, 0.717) is 0 Å². The number of hydrogen-bond donors (Lipinski definition) is 0. The van der Waals surface area contributed by atoms with E-state index < -0.39 is 0 Å². The largest absolute Gasteiger partial charge is 0.379 e. The van der Waals surface area contributed by atoms with Gasteiger partial charge in [-0.15, -0.1) is 0 Å². The molecule has 2 aliphatic rings. The van der Waals surface area contributed by atoms with E-state index >= 15 is 0 Å². The van der Waals surface area contributed by atoms with Crippen LogP contribution in [0.1, 0.15) is 26.7 Å². The highest BCUT2D eigenvalue weighted by molar-refractivity contribution is 4.82. The summed E-state index contributed by atoms with van der Waals surface area (Å²) >= 11 is 0. The Labute approximate surface area is 99.7 Å². The van der Waals surface area contributed by atoms with Crippen LogP contribution in [0.4, 0.5) is 0 Å². The molecule has 3 nitrogen and oxygen atoms in total. The normalized spacial score (nSPS) is 28.1. The Kier molecular flexibility index (Phi) is 4.62. The summed E-state index contributed by atoms with van der Waals surface area (Å²) < 4.78 is 5.42. The topological polar surface area (TPSA) is 15.7 Å². The van der Waals surface area contributed by atoms with Crippen LogP contribution in [0.2, 0.25) is 0 Å². The molecule has 0 aromatic carbocycles. The molecule has 0 aromatic heterocycles. The van der Waals surface area contributed by atoms with Gasteiger partial charge in [0.15, 0.2) is 0 Å². The van der Waals surface area contributed by atoms with Gasteiger partial charge in [0, 0.05) is 19.1 Å². The predicted octanol–water partition coefficient (Wildman–Crippen LogP) is 1.44. The monoisotopic (exact) mass is 226 g/mol. The minimum atomic E-state index is 0.753. The standard InChI is InChI=1S/C13H26N2O/c1-3-14-6-4-13(5-7-14)12(2)15-8-10-16-11-9-15/h12-13H,3-11H2,1-2H3/t12-/m0/s1. The first kappa shape index (κ1) is 12.3. The number of hydrogen-bond acceptors (Lipinski definition) is 3. The minimum Gasteiger partial charge on any atom is -0.379 e. The lowest BCUT2D eigenvalue weighted by atomic mass is 9.89. The van der Waals surface area contributed by atoms with Crippen molar-refractivity contribution in [3.05, 3.63) is 0 Å². The Morgan fingerprint density at radius 2 is 1.75 bits per heavy atom. The molecular weight excluding hydrogens is 200 g/mol. The lowest BCUT2D eigenvalue weighted by Crippen LogP contribution is -2.48. The number of likely N-dealkylation sites (tertiary alicyclic amines) is 1. The molecule has 2 saturated heterocycles. The first-order valence-electron chi connectivity index (χ1n) is 6.85. The SMILES string of the molecule is CCN1CCC([C@H](C)N2CCOCC2)CC1. The summed E-state index contributed by atoms with van der Waals surface area (Å²) in [4.78, 5) is 5.19. The Morgan fingerprint density at radius 3 is 2.31 bits per heavy atom. The van der Waals surface area contributed by atoms with Crippen LogP contribution < -0.4 is 0 Å². The zero-order valence-electron chi connectivity index (χ0n) is 10.8. The van der Waals surface area contributed by atoms with E-state index in [1.807, 2.05) is 0 Å². The number of ether oxygens (including phenoxy) is 1. The van der Waals surface area contributed by atoms with Crippen LogP contribution in [0, 0.1) is 5.92 Å². The third kappa shape index (κ3) is 2.96. The molecule has 94 valence electrons. The minimum absolute atomic E-state index is 0.753. The summed E-state index contributed by atoms with van der Waals surface area (Å²) in [6.45, 7) is 12.6. The summed E-state index contributed by atoms with van der Waals surface area (Å²) in [5, 5.41) is 0. The number of morpholine rings is 1. The number of piperidine rings is 1. The maximum atomic E-state index is 5.42. The molecule has 0 unspecified atom stereocenters. The highest BCUT2D eigenvalue weighted by Crippen LogP contribution is 2.24. The second-order valence-electron chi connectivity index (χ2n) is 5.16. The Morgan fingerprint density at radius 1 is 1.12 bits per heavy atom. The van der Waals surface area contributed by atoms with Crippen molar-refractivity contribution in [1.82, 2.24) is 9.80 Å². The van der Waals surface area contributed by atoms with Crippen LogP contribution in [0.15, 0.2) is 0 Å². The highest BCUT2D eigenvalue weighted by atomic mass is 16.5. The molecule has 0 aliphatic carbocycles. The molecular formula is C13H26N2O. The van der Waals surface area contributed by atoms with Crippen LogP contribution in [-0.2, 0) is 4.74 Å². The third-order valence-corrected chi connectivity index (χ3v) is 4.38. The zero-order valence-corrected chi connectivity index (χ0v) is 10.8. The Hall–Kier alpha value is -0.120. The van der Waals surface area contributed by atoms with Crippen LogP contribution in [0.5, 0.6) is 0 Å². The van der Waals surface area contributed by atoms with E-state index in [-0.39, 0.29) is 0 Å². The van der Waals surface area contributed by atoms with E-state index in [4.69, 9.17) is 4.74 Å². The maximum Gasteiger partial charge on any atom is 0.0594 e. The summed E-state index contributed by atoms with van der Waals surface area (Å²) in [7, 11) is 0. The van der Waals surface area contributed by atoms with Gasteiger partial charge in [-0.1, -0.05) is 6.92 Å². The summed E-state index contributed by atoms with van der Waals surface area (Å²) in [5.74, 6) is 0.904. The van der Waals surface area contributed by atoms with Crippen LogP contribution >= 0.6 is 0 Å². The smallest absolute Gasteiger partial charge is 0.0594 e. The quantitative estimate of drug-likeness (QED) is 0.724. The van der Waals surface area contributed by atoms with E-state index in [1.165, 1.54) is 32.5 Å². The molecule has 0 N–H and O–H groups in total. The molecule has 1 atom stereocenters. The molecule has 0 saturated carbocycles. The Bertz CT molecular complexity index is 196. The molecule has 3 heteroatoms. The van der Waals surface area contributed by atoms with Gasteiger partial charge in [0.2, 0.25) is 0 Å². The molecule has 2 rings (SSSR count). The van der Waals surface area contributed by atoms with Crippen molar-refractivity contribution in [1.29, 1.82) is 0 Å². The van der Waals surface area contributed by atoms with E-state index in [2.05, 4.69) is 23.6 Å². The fraction of sp³-hybridized carbons (Fsp3) is 1.00. The van der Waals surface area contributed by atoms with Gasteiger partial charge < -0.3 is 9.64 Å². The van der Waals surface area contributed by atoms with Crippen molar-refractivity contribution in [3.8, 4) is 0 Å². The van der Waals surface area contributed by atoms with Gasteiger partial charge in [0.25, 0.3) is 0 Å². The van der Waals surface area contributed by atoms with Gasteiger partial charge in [-0.3, -0.25) is 4.90 Å². The van der Waals surface area contributed by atoms with Crippen molar-refractivity contribution >= 4 is 0 Å². The highest BCUT2D eigenvalue weighted by Gasteiger charge is 2.27. The van der Waals surface area contributed by atoms with Gasteiger partial charge in [-0.05, 0) is 45.3 Å². The molecule has 16 heavy (non-hydrogen) atoms.